The van der Waals surface area contributed by atoms with E-state index in [1.165, 1.54) is 32.6 Å². The topological polar surface area (TPSA) is 112 Å². The van der Waals surface area contributed by atoms with Crippen LogP contribution in [-0.2, 0) is 24.0 Å². The molecule has 0 aromatic rings. The number of carbonyl (C=O) groups excluding carboxylic acids is 5. The van der Waals surface area contributed by atoms with Gasteiger partial charge in [0.05, 0.1) is 32.9 Å². The Balaban J connectivity index is -0.000000170. The molecule has 0 fully saturated rings. The van der Waals surface area contributed by atoms with E-state index in [-0.39, 0.29) is 48.7 Å². The lowest BCUT2D eigenvalue weighted by Crippen LogP contribution is -2.33. The minimum Gasteiger partial charge on any atom is -0.381 e. The normalized spacial score (nSPS) is 9.24. The van der Waals surface area contributed by atoms with Gasteiger partial charge in [0.25, 0.3) is 0 Å². The zero-order valence-electron chi connectivity index (χ0n) is 19.8. The Hall–Kier alpha value is -1.77. The Morgan fingerprint density at radius 3 is 1.03 bits per heavy atom. The maximum atomic E-state index is 10.8. The fraction of sp³-hybridized carbons (Fsp3) is 0.762. The number of aliphatic hydroxyl groups excluding tert-OH is 1. The maximum Gasteiger partial charge on any atom is 0.143 e. The molecule has 0 radical (unpaired) electrons. The van der Waals surface area contributed by atoms with Gasteiger partial charge in [-0.3, -0.25) is 29.0 Å². The monoisotopic (exact) mass is 418 g/mol. The van der Waals surface area contributed by atoms with Crippen LogP contribution in [0, 0.1) is 0 Å². The zero-order chi connectivity index (χ0) is 24.0. The average molecular weight is 419 g/mol. The predicted molar refractivity (Wildman–Crippen MR) is 116 cm³/mol. The van der Waals surface area contributed by atoms with Crippen molar-refractivity contribution < 1.29 is 29.1 Å². The van der Waals surface area contributed by atoms with Gasteiger partial charge in [-0.05, 0) is 54.5 Å². The lowest BCUT2D eigenvalue weighted by atomic mass is 10.3. The summed E-state index contributed by atoms with van der Waals surface area (Å²) in [5, 5.41) is 8.65. The Kier molecular flexibility index (Phi) is 29.1. The van der Waals surface area contributed by atoms with Crippen LogP contribution in [0.5, 0.6) is 0 Å². The van der Waals surface area contributed by atoms with Gasteiger partial charge >= 0.3 is 0 Å². The number of ketones is 5. The third kappa shape index (κ3) is 41.6. The van der Waals surface area contributed by atoms with Gasteiger partial charge in [-0.25, -0.2) is 0 Å². The van der Waals surface area contributed by atoms with Crippen LogP contribution in [0.3, 0.4) is 0 Å². The summed E-state index contributed by atoms with van der Waals surface area (Å²) < 4.78 is 0. The summed E-state index contributed by atoms with van der Waals surface area (Å²) in [6.45, 7) is 16.6. The first-order valence-electron chi connectivity index (χ1n) is 9.86. The highest BCUT2D eigenvalue weighted by Crippen LogP contribution is 1.92. The van der Waals surface area contributed by atoms with Crippen LogP contribution in [0.2, 0.25) is 0 Å². The zero-order valence-corrected chi connectivity index (χ0v) is 19.8. The fourth-order valence-corrected chi connectivity index (χ4v) is 1.95. The van der Waals surface area contributed by atoms with Crippen molar-refractivity contribution in [3.63, 3.8) is 0 Å². The largest absolute Gasteiger partial charge is 0.381 e. The van der Waals surface area contributed by atoms with Crippen molar-refractivity contribution in [3.8, 4) is 0 Å². The van der Waals surface area contributed by atoms with Crippen LogP contribution in [0.1, 0.15) is 68.7 Å². The van der Waals surface area contributed by atoms with E-state index in [9.17, 15) is 24.0 Å². The molecule has 0 aromatic heterocycles. The van der Waals surface area contributed by atoms with Crippen molar-refractivity contribution in [2.45, 2.75) is 68.7 Å². The van der Waals surface area contributed by atoms with E-state index in [0.29, 0.717) is 13.1 Å². The second-order valence-corrected chi connectivity index (χ2v) is 6.56. The minimum atomic E-state index is -0.251. The molecule has 172 valence electrons. The standard InChI is InChI=1S/C9H17NO2.C7H13NO3.C3H6O.C2H6/c1-4-5-10(6-8(2)11)7-9(3)12;1-6(10)3-8(5-9)4-7(2)11;1-3(2)4;1-2/h4-7H2,1-3H3;9H,3-5H2,1-2H3;1-2H3;1-2H3. The smallest absolute Gasteiger partial charge is 0.143 e. The molecule has 0 amide bonds. The SMILES string of the molecule is CC.CC(=O)CN(CO)CC(C)=O.CC(C)=O.CCCN(CC(C)=O)CC(C)=O. The van der Waals surface area contributed by atoms with Gasteiger partial charge in [0, 0.05) is 0 Å². The summed E-state index contributed by atoms with van der Waals surface area (Å²) in [5.74, 6) is 0.287. The lowest BCUT2D eigenvalue weighted by molar-refractivity contribution is -0.123. The average Bonchev–Trinajstić information content (AvgIpc) is 2.54. The lowest BCUT2D eigenvalue weighted by Gasteiger charge is -2.17. The van der Waals surface area contributed by atoms with Gasteiger partial charge in [0.2, 0.25) is 0 Å². The summed E-state index contributed by atoms with van der Waals surface area (Å²) in [6, 6.07) is 0. The van der Waals surface area contributed by atoms with Gasteiger partial charge in [-0.15, -0.1) is 0 Å². The molecule has 0 aliphatic heterocycles. The van der Waals surface area contributed by atoms with Crippen LogP contribution in [0.15, 0.2) is 0 Å². The summed E-state index contributed by atoms with van der Waals surface area (Å²) in [7, 11) is 0. The van der Waals surface area contributed by atoms with Crippen LogP contribution >= 0.6 is 0 Å². The minimum absolute atomic E-state index is 0.0553. The second kappa shape index (κ2) is 24.3. The van der Waals surface area contributed by atoms with Gasteiger partial charge in [-0.2, -0.15) is 0 Å². The number of hydrogen-bond acceptors (Lipinski definition) is 8. The summed E-state index contributed by atoms with van der Waals surface area (Å²) in [5.41, 5.74) is 0. The van der Waals surface area contributed by atoms with E-state index < -0.39 is 0 Å². The maximum absolute atomic E-state index is 10.8. The van der Waals surface area contributed by atoms with E-state index in [0.717, 1.165) is 13.0 Å². The molecule has 0 aliphatic carbocycles. The summed E-state index contributed by atoms with van der Waals surface area (Å²) in [6.07, 6.45) is 0.973. The predicted octanol–water partition coefficient (Wildman–Crippen LogP) is 1.91. The van der Waals surface area contributed by atoms with E-state index in [1.807, 2.05) is 25.7 Å². The molecule has 0 rings (SSSR count). The van der Waals surface area contributed by atoms with Crippen molar-refractivity contribution >= 4 is 28.9 Å². The molecule has 8 nitrogen and oxygen atoms in total. The molecule has 0 unspecified atom stereocenters. The van der Waals surface area contributed by atoms with Crippen molar-refractivity contribution in [1.29, 1.82) is 0 Å². The third-order valence-corrected chi connectivity index (χ3v) is 2.52. The van der Waals surface area contributed by atoms with Gasteiger partial charge in [-0.1, -0.05) is 20.8 Å². The molecule has 0 heterocycles. The van der Waals surface area contributed by atoms with E-state index in [4.69, 9.17) is 5.11 Å². The molecule has 0 saturated carbocycles. The van der Waals surface area contributed by atoms with Gasteiger partial charge in [0.15, 0.2) is 0 Å². The number of nitrogens with zero attached hydrogens (tertiary/aromatic N) is 2. The summed E-state index contributed by atoms with van der Waals surface area (Å²) in [4.78, 5) is 55.3. The highest BCUT2D eigenvalue weighted by atomic mass is 16.3. The molecule has 0 saturated heterocycles. The second-order valence-electron chi connectivity index (χ2n) is 6.56. The first kappa shape index (κ1) is 34.7. The molecule has 8 heteroatoms. The van der Waals surface area contributed by atoms with Crippen LogP contribution in [0.4, 0.5) is 0 Å². The molecule has 29 heavy (non-hydrogen) atoms. The first-order chi connectivity index (χ1) is 13.3. The highest BCUT2D eigenvalue weighted by Gasteiger charge is 2.08. The molecule has 0 aliphatic rings. The Labute approximate surface area is 176 Å². The van der Waals surface area contributed by atoms with Crippen molar-refractivity contribution in [3.05, 3.63) is 0 Å². The molecular weight excluding hydrogens is 376 g/mol. The van der Waals surface area contributed by atoms with Crippen LogP contribution < -0.4 is 0 Å². The molecule has 0 bridgehead atoms. The highest BCUT2D eigenvalue weighted by molar-refractivity contribution is 5.81. The number of carbonyl (C=O) groups is 5. The quantitative estimate of drug-likeness (QED) is 0.507. The van der Waals surface area contributed by atoms with E-state index in [2.05, 4.69) is 0 Å². The van der Waals surface area contributed by atoms with E-state index in [1.54, 1.807) is 13.8 Å². The number of hydrogen-bond donors (Lipinski definition) is 1. The third-order valence-electron chi connectivity index (χ3n) is 2.52. The molecule has 1 N–H and O–H groups in total. The molecule has 0 aromatic carbocycles. The number of aliphatic hydroxyl groups is 1. The Bertz CT molecular complexity index is 442. The number of Topliss-reactive ketones (excluding diaryl/α,β-unsaturated/α-hetero) is 5. The molecular formula is C21H42N2O6. The van der Waals surface area contributed by atoms with Crippen molar-refractivity contribution in [2.75, 3.05) is 39.5 Å². The Morgan fingerprint density at radius 2 is 0.862 bits per heavy atom. The Morgan fingerprint density at radius 1 is 0.621 bits per heavy atom. The summed E-state index contributed by atoms with van der Waals surface area (Å²) >= 11 is 0. The van der Waals surface area contributed by atoms with E-state index >= 15 is 0 Å². The number of rotatable bonds is 11. The van der Waals surface area contributed by atoms with Crippen LogP contribution in [0.25, 0.3) is 0 Å². The fourth-order valence-electron chi connectivity index (χ4n) is 1.95. The van der Waals surface area contributed by atoms with Crippen LogP contribution in [-0.4, -0.2) is 83.3 Å². The van der Waals surface area contributed by atoms with Gasteiger partial charge in [0.1, 0.15) is 28.9 Å². The van der Waals surface area contributed by atoms with Gasteiger partial charge < -0.3 is 9.90 Å². The van der Waals surface area contributed by atoms with Crippen molar-refractivity contribution in [1.82, 2.24) is 9.80 Å². The molecule has 0 atom stereocenters. The van der Waals surface area contributed by atoms with Crippen molar-refractivity contribution in [2.24, 2.45) is 0 Å². The molecule has 0 spiro atoms. The first-order valence-corrected chi connectivity index (χ1v) is 9.86.